The van der Waals surface area contributed by atoms with Gasteiger partial charge in [-0.05, 0) is 31.4 Å². The van der Waals surface area contributed by atoms with Crippen LogP contribution in [0.3, 0.4) is 0 Å². The molecule has 1 aromatic rings. The molecule has 0 aliphatic heterocycles. The lowest BCUT2D eigenvalue weighted by atomic mass is 10.0. The van der Waals surface area contributed by atoms with Crippen molar-refractivity contribution in [3.8, 4) is 5.75 Å². The Labute approximate surface area is 161 Å². The van der Waals surface area contributed by atoms with Crippen LogP contribution < -0.4 is 4.18 Å². The van der Waals surface area contributed by atoms with Gasteiger partial charge in [-0.1, -0.05) is 96.3 Å². The van der Waals surface area contributed by atoms with E-state index in [9.17, 15) is 8.42 Å². The van der Waals surface area contributed by atoms with Crippen LogP contribution in [0.5, 0.6) is 5.75 Å². The molecule has 0 radical (unpaired) electrons. The minimum atomic E-state index is -3.58. The summed E-state index contributed by atoms with van der Waals surface area (Å²) in [6.45, 7) is 6.27. The van der Waals surface area contributed by atoms with E-state index in [4.69, 9.17) is 4.18 Å². The molecule has 0 amide bonds. The fraction of sp³-hybridized carbons (Fsp3) is 0.727. The highest BCUT2D eigenvalue weighted by atomic mass is 32.2. The molecule has 0 saturated heterocycles. The third-order valence-electron chi connectivity index (χ3n) is 4.97. The molecular formula is C22H38O3S. The molecule has 0 saturated carbocycles. The molecule has 26 heavy (non-hydrogen) atoms. The van der Waals surface area contributed by atoms with Gasteiger partial charge in [-0.25, -0.2) is 0 Å². The largest absolute Gasteiger partial charge is 0.382 e. The maximum absolute atomic E-state index is 12.9. The first kappa shape index (κ1) is 23.0. The number of rotatable bonds is 15. The van der Waals surface area contributed by atoms with Gasteiger partial charge in [0.05, 0.1) is 5.25 Å². The molecule has 0 fully saturated rings. The molecule has 3 nitrogen and oxygen atoms in total. The highest BCUT2D eigenvalue weighted by Gasteiger charge is 2.27. The van der Waals surface area contributed by atoms with E-state index >= 15 is 0 Å². The highest BCUT2D eigenvalue weighted by Crippen LogP contribution is 2.25. The Morgan fingerprint density at radius 2 is 1.31 bits per heavy atom. The summed E-state index contributed by atoms with van der Waals surface area (Å²) >= 11 is 0. The smallest absolute Gasteiger partial charge is 0.312 e. The van der Waals surface area contributed by atoms with Gasteiger partial charge in [-0.15, -0.1) is 0 Å². The van der Waals surface area contributed by atoms with Gasteiger partial charge < -0.3 is 4.18 Å². The lowest BCUT2D eigenvalue weighted by molar-refractivity contribution is 0.445. The molecule has 150 valence electrons. The average Bonchev–Trinajstić information content (AvgIpc) is 2.61. The molecule has 0 atom stereocenters. The molecule has 0 aliphatic rings. The lowest BCUT2D eigenvalue weighted by Gasteiger charge is -2.19. The van der Waals surface area contributed by atoms with Crippen molar-refractivity contribution in [1.82, 2.24) is 0 Å². The Morgan fingerprint density at radius 1 is 0.808 bits per heavy atom. The van der Waals surface area contributed by atoms with Crippen molar-refractivity contribution in [3.05, 3.63) is 29.8 Å². The van der Waals surface area contributed by atoms with Crippen LogP contribution in [0.15, 0.2) is 24.3 Å². The zero-order chi connectivity index (χ0) is 19.3. The van der Waals surface area contributed by atoms with E-state index in [1.54, 1.807) is 6.07 Å². The molecule has 1 rings (SSSR count). The lowest BCUT2D eigenvalue weighted by Crippen LogP contribution is -2.26. The standard InChI is InChI=1S/C22H38O3S/c1-4-6-8-10-12-17-21(18-13-11-9-7-5-2)26(23,24)25-22-19-15-14-16-20(22)3/h14-16,19,21H,4-13,17-18H2,1-3H3. The van der Waals surface area contributed by atoms with Crippen molar-refractivity contribution in [2.45, 2.75) is 103 Å². The predicted octanol–water partition coefficient (Wildman–Crippen LogP) is 6.79. The third kappa shape index (κ3) is 9.07. The summed E-state index contributed by atoms with van der Waals surface area (Å²) in [5.41, 5.74) is 0.862. The molecule has 0 aliphatic carbocycles. The second-order valence-corrected chi connectivity index (χ2v) is 9.19. The van der Waals surface area contributed by atoms with Gasteiger partial charge in [0.1, 0.15) is 5.75 Å². The van der Waals surface area contributed by atoms with Gasteiger partial charge >= 0.3 is 10.1 Å². The summed E-state index contributed by atoms with van der Waals surface area (Å²) in [6.07, 6.45) is 12.8. The molecule has 4 heteroatoms. The van der Waals surface area contributed by atoms with E-state index in [0.717, 1.165) is 31.2 Å². The first-order valence-corrected chi connectivity index (χ1v) is 12.0. The van der Waals surface area contributed by atoms with E-state index in [2.05, 4.69) is 13.8 Å². The van der Waals surface area contributed by atoms with Gasteiger partial charge in [0, 0.05) is 0 Å². The fourth-order valence-corrected chi connectivity index (χ4v) is 4.71. The number of benzene rings is 1. The third-order valence-corrected chi connectivity index (χ3v) is 6.67. The van der Waals surface area contributed by atoms with Crippen molar-refractivity contribution in [2.75, 3.05) is 0 Å². The van der Waals surface area contributed by atoms with Crippen molar-refractivity contribution < 1.29 is 12.6 Å². The monoisotopic (exact) mass is 382 g/mol. The molecular weight excluding hydrogens is 344 g/mol. The second kappa shape index (κ2) is 13.2. The maximum atomic E-state index is 12.9. The van der Waals surface area contributed by atoms with Crippen molar-refractivity contribution in [3.63, 3.8) is 0 Å². The number of hydrogen-bond acceptors (Lipinski definition) is 3. The highest BCUT2D eigenvalue weighted by molar-refractivity contribution is 7.87. The topological polar surface area (TPSA) is 43.4 Å². The Bertz CT molecular complexity index is 567. The van der Waals surface area contributed by atoms with Crippen molar-refractivity contribution >= 4 is 10.1 Å². The normalized spacial score (nSPS) is 11.8. The number of hydrogen-bond donors (Lipinski definition) is 0. The molecule has 1 aromatic carbocycles. The van der Waals surface area contributed by atoms with Crippen LogP contribution in [0.25, 0.3) is 0 Å². The summed E-state index contributed by atoms with van der Waals surface area (Å²) in [5, 5.41) is -0.384. The summed E-state index contributed by atoms with van der Waals surface area (Å²) in [4.78, 5) is 0. The zero-order valence-electron chi connectivity index (χ0n) is 17.0. The van der Waals surface area contributed by atoms with Crippen LogP contribution in [-0.2, 0) is 10.1 Å². The summed E-state index contributed by atoms with van der Waals surface area (Å²) in [5.74, 6) is 0.467. The Kier molecular flexibility index (Phi) is 11.7. The zero-order valence-corrected chi connectivity index (χ0v) is 17.8. The minimum absolute atomic E-state index is 0.384. The Morgan fingerprint density at radius 3 is 1.81 bits per heavy atom. The maximum Gasteiger partial charge on any atom is 0.312 e. The minimum Gasteiger partial charge on any atom is -0.382 e. The van der Waals surface area contributed by atoms with E-state index in [-0.39, 0.29) is 5.25 Å². The van der Waals surface area contributed by atoms with Crippen LogP contribution in [0.2, 0.25) is 0 Å². The summed E-state index contributed by atoms with van der Waals surface area (Å²) in [7, 11) is -3.58. The number of para-hydroxylation sites is 1. The van der Waals surface area contributed by atoms with Crippen LogP contribution in [0.1, 0.15) is 96.5 Å². The molecule has 0 heterocycles. The van der Waals surface area contributed by atoms with Gasteiger partial charge in [-0.3, -0.25) is 0 Å². The van der Waals surface area contributed by atoms with Gasteiger partial charge in [-0.2, -0.15) is 8.42 Å². The molecule has 0 spiro atoms. The van der Waals surface area contributed by atoms with E-state index in [1.807, 2.05) is 25.1 Å². The van der Waals surface area contributed by atoms with Crippen molar-refractivity contribution in [2.24, 2.45) is 0 Å². The van der Waals surface area contributed by atoms with Crippen LogP contribution in [-0.4, -0.2) is 13.7 Å². The van der Waals surface area contributed by atoms with Crippen LogP contribution in [0, 0.1) is 6.92 Å². The first-order chi connectivity index (χ1) is 12.5. The van der Waals surface area contributed by atoms with Crippen molar-refractivity contribution in [1.29, 1.82) is 0 Å². The van der Waals surface area contributed by atoms with E-state index in [1.165, 1.54) is 38.5 Å². The Hall–Kier alpha value is -1.03. The van der Waals surface area contributed by atoms with E-state index in [0.29, 0.717) is 18.6 Å². The second-order valence-electron chi connectivity index (χ2n) is 7.37. The SMILES string of the molecule is CCCCCCCC(CCCCCCC)S(=O)(=O)Oc1ccccc1C. The van der Waals surface area contributed by atoms with Gasteiger partial charge in [0.15, 0.2) is 0 Å². The summed E-state index contributed by atoms with van der Waals surface area (Å²) < 4.78 is 31.3. The quantitative estimate of drug-likeness (QED) is 0.248. The first-order valence-electron chi connectivity index (χ1n) is 10.5. The van der Waals surface area contributed by atoms with E-state index < -0.39 is 10.1 Å². The predicted molar refractivity (Wildman–Crippen MR) is 111 cm³/mol. The van der Waals surface area contributed by atoms with Crippen LogP contribution >= 0.6 is 0 Å². The molecule has 0 N–H and O–H groups in total. The van der Waals surface area contributed by atoms with Gasteiger partial charge in [0.25, 0.3) is 0 Å². The van der Waals surface area contributed by atoms with Crippen LogP contribution in [0.4, 0.5) is 0 Å². The molecule has 0 aromatic heterocycles. The Balaban J connectivity index is 2.65. The van der Waals surface area contributed by atoms with Gasteiger partial charge in [0.2, 0.25) is 0 Å². The molecule has 0 bridgehead atoms. The average molecular weight is 383 g/mol. The number of aryl methyl sites for hydroxylation is 1. The molecule has 0 unspecified atom stereocenters. The fourth-order valence-electron chi connectivity index (χ4n) is 3.23. The number of unbranched alkanes of at least 4 members (excludes halogenated alkanes) is 8. The summed E-state index contributed by atoms with van der Waals surface area (Å²) in [6, 6.07) is 7.35.